The molecule has 0 spiro atoms. The van der Waals surface area contributed by atoms with Gasteiger partial charge in [-0.15, -0.1) is 0 Å². The maximum absolute atomic E-state index is 10.5. The van der Waals surface area contributed by atoms with Gasteiger partial charge in [-0.3, -0.25) is 5.01 Å². The molecule has 2 fully saturated rings. The third kappa shape index (κ3) is 5.45. The van der Waals surface area contributed by atoms with Gasteiger partial charge in [0.05, 0.1) is 37.7 Å². The van der Waals surface area contributed by atoms with E-state index >= 15 is 0 Å². The smallest absolute Gasteiger partial charge is 0.162 e. The second kappa shape index (κ2) is 9.98. The van der Waals surface area contributed by atoms with Crippen LogP contribution in [0.5, 0.6) is 11.5 Å². The highest BCUT2D eigenvalue weighted by Crippen LogP contribution is 2.33. The Morgan fingerprint density at radius 3 is 2.57 bits per heavy atom. The van der Waals surface area contributed by atoms with Crippen LogP contribution < -0.4 is 9.47 Å². The van der Waals surface area contributed by atoms with Gasteiger partial charge in [-0.1, -0.05) is 0 Å². The zero-order valence-electron chi connectivity index (χ0n) is 18.0. The van der Waals surface area contributed by atoms with Crippen LogP contribution in [0.2, 0.25) is 0 Å². The summed E-state index contributed by atoms with van der Waals surface area (Å²) in [6.07, 6.45) is 6.77. The quantitative estimate of drug-likeness (QED) is 0.676. The Balaban J connectivity index is 1.35. The molecule has 0 bridgehead atoms. The van der Waals surface area contributed by atoms with Gasteiger partial charge >= 0.3 is 0 Å². The monoisotopic (exact) mass is 417 g/mol. The van der Waals surface area contributed by atoms with Crippen LogP contribution in [0.4, 0.5) is 0 Å². The Morgan fingerprint density at radius 2 is 1.83 bits per heavy atom. The third-order valence-corrected chi connectivity index (χ3v) is 6.41. The number of benzene rings is 1. The Morgan fingerprint density at radius 1 is 1.07 bits per heavy atom. The second-order valence-electron chi connectivity index (χ2n) is 8.78. The fraction of sp³-hybridized carbons (Fsp3) is 0.696. The van der Waals surface area contributed by atoms with Crippen molar-refractivity contribution in [1.82, 2.24) is 9.91 Å². The zero-order valence-corrected chi connectivity index (χ0v) is 18.0. The molecule has 7 heteroatoms. The maximum Gasteiger partial charge on any atom is 0.162 e. The van der Waals surface area contributed by atoms with Gasteiger partial charge in [-0.2, -0.15) is 5.10 Å². The summed E-state index contributed by atoms with van der Waals surface area (Å²) in [7, 11) is 1.68. The first-order valence-electron chi connectivity index (χ1n) is 11.4. The molecule has 1 atom stereocenters. The molecular weight excluding hydrogens is 382 g/mol. The molecular formula is C23H35N3O4. The summed E-state index contributed by atoms with van der Waals surface area (Å²) < 4.78 is 11.7. The minimum absolute atomic E-state index is 0.184. The van der Waals surface area contributed by atoms with E-state index in [4.69, 9.17) is 14.6 Å². The highest BCUT2D eigenvalue weighted by molar-refractivity contribution is 6.01. The van der Waals surface area contributed by atoms with Gasteiger partial charge in [0.25, 0.3) is 0 Å². The first-order chi connectivity index (χ1) is 14.6. The summed E-state index contributed by atoms with van der Waals surface area (Å²) in [6.45, 7) is 3.68. The maximum atomic E-state index is 10.5. The zero-order chi connectivity index (χ0) is 20.9. The number of aliphatic hydroxyl groups is 2. The SMILES string of the molecule is COc1ccc(C2=NN(CC(O)CN3CCC(O)CC3)CC2)cc1OC1CCCC1. The van der Waals surface area contributed by atoms with E-state index in [1.165, 1.54) is 12.8 Å². The number of hydrogen-bond acceptors (Lipinski definition) is 7. The lowest BCUT2D eigenvalue weighted by Gasteiger charge is -2.31. The summed E-state index contributed by atoms with van der Waals surface area (Å²) >= 11 is 0. The topological polar surface area (TPSA) is 77.8 Å². The molecule has 1 aromatic carbocycles. The van der Waals surface area contributed by atoms with E-state index in [-0.39, 0.29) is 12.2 Å². The molecule has 2 heterocycles. The Hall–Kier alpha value is -1.83. The minimum atomic E-state index is -0.444. The van der Waals surface area contributed by atoms with E-state index in [0.29, 0.717) is 13.1 Å². The van der Waals surface area contributed by atoms with Gasteiger partial charge in [0.15, 0.2) is 11.5 Å². The van der Waals surface area contributed by atoms with Gasteiger partial charge in [0.1, 0.15) is 0 Å². The molecule has 0 aromatic heterocycles. The Kier molecular flexibility index (Phi) is 7.12. The number of nitrogens with zero attached hydrogens (tertiary/aromatic N) is 3. The standard InChI is InChI=1S/C23H35N3O4/c1-29-22-7-6-17(14-23(22)30-20-4-2-3-5-20)21-10-13-26(24-21)16-19(28)15-25-11-8-18(27)9-12-25/h6-7,14,18-20,27-28H,2-5,8-13,15-16H2,1H3. The van der Waals surface area contributed by atoms with E-state index < -0.39 is 6.10 Å². The lowest BCUT2D eigenvalue weighted by molar-refractivity contribution is 0.0389. The molecule has 1 aliphatic carbocycles. The normalized spacial score (nSPS) is 22.4. The van der Waals surface area contributed by atoms with Crippen molar-refractivity contribution in [3.63, 3.8) is 0 Å². The summed E-state index contributed by atoms with van der Waals surface area (Å²) in [5.74, 6) is 1.57. The summed E-state index contributed by atoms with van der Waals surface area (Å²) in [5.41, 5.74) is 2.09. The molecule has 166 valence electrons. The molecule has 1 saturated heterocycles. The van der Waals surface area contributed by atoms with Crippen LogP contribution in [0.25, 0.3) is 0 Å². The van der Waals surface area contributed by atoms with Crippen LogP contribution in [0.15, 0.2) is 23.3 Å². The molecule has 30 heavy (non-hydrogen) atoms. The molecule has 0 radical (unpaired) electrons. The van der Waals surface area contributed by atoms with Crippen LogP contribution in [0.3, 0.4) is 0 Å². The number of rotatable bonds is 8. The number of hydrazone groups is 1. The molecule has 3 aliphatic rings. The van der Waals surface area contributed by atoms with Crippen LogP contribution in [-0.2, 0) is 0 Å². The van der Waals surface area contributed by atoms with Gasteiger partial charge in [-0.05, 0) is 56.7 Å². The predicted molar refractivity (Wildman–Crippen MR) is 116 cm³/mol. The van der Waals surface area contributed by atoms with Crippen molar-refractivity contribution in [2.75, 3.05) is 39.8 Å². The molecule has 1 aromatic rings. The molecule has 2 N–H and O–H groups in total. The van der Waals surface area contributed by atoms with Crippen LogP contribution >= 0.6 is 0 Å². The van der Waals surface area contributed by atoms with Gasteiger partial charge in [0.2, 0.25) is 0 Å². The van der Waals surface area contributed by atoms with Crippen LogP contribution in [-0.4, -0.2) is 84.0 Å². The Labute approximate surface area is 179 Å². The average Bonchev–Trinajstić information content (AvgIpc) is 3.42. The predicted octanol–water partition coefficient (Wildman–Crippen LogP) is 2.24. The summed E-state index contributed by atoms with van der Waals surface area (Å²) in [6, 6.07) is 6.05. The number of methoxy groups -OCH3 is 1. The number of likely N-dealkylation sites (tertiary alicyclic amines) is 1. The van der Waals surface area contributed by atoms with E-state index in [1.807, 2.05) is 17.1 Å². The number of piperidine rings is 1. The molecule has 2 aliphatic heterocycles. The van der Waals surface area contributed by atoms with Gasteiger partial charge < -0.3 is 24.6 Å². The molecule has 0 amide bonds. The molecule has 1 saturated carbocycles. The summed E-state index contributed by atoms with van der Waals surface area (Å²) in [4.78, 5) is 2.23. The summed E-state index contributed by atoms with van der Waals surface area (Å²) in [5, 5.41) is 26.9. The first kappa shape index (κ1) is 21.4. The van der Waals surface area contributed by atoms with E-state index in [2.05, 4.69) is 11.0 Å². The van der Waals surface area contributed by atoms with Crippen LogP contribution in [0.1, 0.15) is 50.5 Å². The number of aliphatic hydroxyl groups excluding tert-OH is 2. The molecule has 7 nitrogen and oxygen atoms in total. The van der Waals surface area contributed by atoms with Crippen molar-refractivity contribution in [1.29, 1.82) is 0 Å². The molecule has 4 rings (SSSR count). The fourth-order valence-corrected chi connectivity index (χ4v) is 4.67. The lowest BCUT2D eigenvalue weighted by Crippen LogP contribution is -2.43. The Bertz CT molecular complexity index is 727. The van der Waals surface area contributed by atoms with Gasteiger partial charge in [0, 0.05) is 38.2 Å². The number of β-amino-alcohol motifs (C(OH)–C–C–N with tert-alkyl or cyclic N) is 1. The third-order valence-electron chi connectivity index (χ3n) is 6.41. The van der Waals surface area contributed by atoms with Crippen LogP contribution in [0, 0.1) is 0 Å². The molecule has 1 unspecified atom stereocenters. The van der Waals surface area contributed by atoms with Crippen molar-refractivity contribution >= 4 is 5.71 Å². The fourth-order valence-electron chi connectivity index (χ4n) is 4.67. The average molecular weight is 418 g/mol. The highest BCUT2D eigenvalue weighted by Gasteiger charge is 2.24. The second-order valence-corrected chi connectivity index (χ2v) is 8.78. The number of ether oxygens (including phenoxy) is 2. The number of hydrogen-bond donors (Lipinski definition) is 2. The van der Waals surface area contributed by atoms with Crippen molar-refractivity contribution in [2.45, 2.75) is 63.3 Å². The highest BCUT2D eigenvalue weighted by atomic mass is 16.5. The van der Waals surface area contributed by atoms with Crippen molar-refractivity contribution < 1.29 is 19.7 Å². The van der Waals surface area contributed by atoms with Crippen molar-refractivity contribution in [2.24, 2.45) is 5.10 Å². The van der Waals surface area contributed by atoms with E-state index in [9.17, 15) is 10.2 Å². The van der Waals surface area contributed by atoms with Crippen molar-refractivity contribution in [3.05, 3.63) is 23.8 Å². The lowest BCUT2D eigenvalue weighted by atomic mass is 10.1. The van der Waals surface area contributed by atoms with E-state index in [0.717, 1.165) is 74.5 Å². The van der Waals surface area contributed by atoms with Crippen molar-refractivity contribution in [3.8, 4) is 11.5 Å². The van der Waals surface area contributed by atoms with E-state index in [1.54, 1.807) is 7.11 Å². The van der Waals surface area contributed by atoms with Gasteiger partial charge in [-0.25, -0.2) is 0 Å². The first-order valence-corrected chi connectivity index (χ1v) is 11.4. The largest absolute Gasteiger partial charge is 0.493 e. The minimum Gasteiger partial charge on any atom is -0.493 e.